The fraction of sp³-hybridized carbons (Fsp3) is 0.250. The highest BCUT2D eigenvalue weighted by atomic mass is 19.1. The molecule has 0 fully saturated rings. The molecule has 3 heteroatoms. The van der Waals surface area contributed by atoms with Crippen LogP contribution in [-0.2, 0) is 0 Å². The Morgan fingerprint density at radius 1 is 0.842 bits per heavy atom. The van der Waals surface area contributed by atoms with Gasteiger partial charge in [0.25, 0.3) is 0 Å². The number of benzene rings is 2. The van der Waals surface area contributed by atoms with E-state index in [1.54, 1.807) is 0 Å². The molecule has 0 aromatic heterocycles. The standard InChI is InChI=1S/C16H16F2O/c1-9-4-10(2)15(11(3)5-9)16(19)12-6-13(17)8-14(18)7-12/h4-8,16,19H,1-3H3. The third kappa shape index (κ3) is 2.82. The molecule has 100 valence electrons. The molecule has 1 unspecified atom stereocenters. The van der Waals surface area contributed by atoms with Gasteiger partial charge in [-0.1, -0.05) is 17.7 Å². The van der Waals surface area contributed by atoms with Crippen LogP contribution in [-0.4, -0.2) is 5.11 Å². The number of aliphatic hydroxyl groups excluding tert-OH is 1. The van der Waals surface area contributed by atoms with E-state index in [4.69, 9.17) is 0 Å². The van der Waals surface area contributed by atoms with Gasteiger partial charge in [-0.15, -0.1) is 0 Å². The first kappa shape index (κ1) is 13.7. The lowest BCUT2D eigenvalue weighted by Gasteiger charge is -2.18. The van der Waals surface area contributed by atoms with E-state index in [-0.39, 0.29) is 5.56 Å². The van der Waals surface area contributed by atoms with Crippen LogP contribution in [0.1, 0.15) is 33.9 Å². The van der Waals surface area contributed by atoms with Crippen molar-refractivity contribution in [2.24, 2.45) is 0 Å². The Balaban J connectivity index is 2.52. The molecule has 0 saturated carbocycles. The lowest BCUT2D eigenvalue weighted by atomic mass is 9.92. The van der Waals surface area contributed by atoms with Crippen molar-refractivity contribution in [2.45, 2.75) is 26.9 Å². The minimum atomic E-state index is -1.02. The fourth-order valence-electron chi connectivity index (χ4n) is 2.52. The molecule has 0 aliphatic heterocycles. The lowest BCUT2D eigenvalue weighted by Crippen LogP contribution is -2.06. The van der Waals surface area contributed by atoms with Gasteiger partial charge in [-0.2, -0.15) is 0 Å². The Kier molecular flexibility index (Phi) is 3.67. The number of aryl methyl sites for hydroxylation is 3. The van der Waals surface area contributed by atoms with E-state index in [9.17, 15) is 13.9 Å². The number of aliphatic hydroxyl groups is 1. The summed E-state index contributed by atoms with van der Waals surface area (Å²) in [6, 6.07) is 7.01. The molecule has 0 amide bonds. The third-order valence-electron chi connectivity index (χ3n) is 3.21. The highest BCUT2D eigenvalue weighted by Crippen LogP contribution is 2.29. The van der Waals surface area contributed by atoms with E-state index >= 15 is 0 Å². The number of rotatable bonds is 2. The molecule has 0 radical (unpaired) electrons. The third-order valence-corrected chi connectivity index (χ3v) is 3.21. The van der Waals surface area contributed by atoms with Gasteiger partial charge < -0.3 is 5.11 Å². The molecule has 0 bridgehead atoms. The smallest absolute Gasteiger partial charge is 0.126 e. The summed E-state index contributed by atoms with van der Waals surface area (Å²) in [5.74, 6) is -1.37. The summed E-state index contributed by atoms with van der Waals surface area (Å²) in [7, 11) is 0. The monoisotopic (exact) mass is 262 g/mol. The minimum Gasteiger partial charge on any atom is -0.384 e. The summed E-state index contributed by atoms with van der Waals surface area (Å²) in [6.45, 7) is 5.74. The van der Waals surface area contributed by atoms with Crippen molar-refractivity contribution in [3.8, 4) is 0 Å². The van der Waals surface area contributed by atoms with Crippen LogP contribution in [0.5, 0.6) is 0 Å². The van der Waals surface area contributed by atoms with Gasteiger partial charge in [0.2, 0.25) is 0 Å². The molecule has 2 aromatic rings. The van der Waals surface area contributed by atoms with Gasteiger partial charge in [0.1, 0.15) is 17.7 Å². The van der Waals surface area contributed by atoms with E-state index in [1.165, 1.54) is 0 Å². The summed E-state index contributed by atoms with van der Waals surface area (Å²) >= 11 is 0. The molecule has 1 atom stereocenters. The molecule has 1 N–H and O–H groups in total. The van der Waals surface area contributed by atoms with Crippen molar-refractivity contribution in [1.29, 1.82) is 0 Å². The zero-order valence-electron chi connectivity index (χ0n) is 11.2. The Labute approximate surface area is 111 Å². The van der Waals surface area contributed by atoms with Crippen molar-refractivity contribution >= 4 is 0 Å². The van der Waals surface area contributed by atoms with Crippen molar-refractivity contribution in [1.82, 2.24) is 0 Å². The predicted octanol–water partition coefficient (Wildman–Crippen LogP) is 3.97. The largest absolute Gasteiger partial charge is 0.384 e. The maximum atomic E-state index is 13.2. The SMILES string of the molecule is Cc1cc(C)c(C(O)c2cc(F)cc(F)c2)c(C)c1. The van der Waals surface area contributed by atoms with Crippen LogP contribution in [0, 0.1) is 32.4 Å². The van der Waals surface area contributed by atoms with Gasteiger partial charge in [0.15, 0.2) is 0 Å². The van der Waals surface area contributed by atoms with Crippen molar-refractivity contribution in [3.63, 3.8) is 0 Å². The molecule has 2 aromatic carbocycles. The zero-order valence-corrected chi connectivity index (χ0v) is 11.2. The summed E-state index contributed by atoms with van der Waals surface area (Å²) in [5, 5.41) is 10.4. The van der Waals surface area contributed by atoms with Gasteiger partial charge in [-0.3, -0.25) is 0 Å². The Morgan fingerprint density at radius 2 is 1.32 bits per heavy atom. The normalized spacial score (nSPS) is 12.5. The van der Waals surface area contributed by atoms with E-state index in [1.807, 2.05) is 32.9 Å². The molecular weight excluding hydrogens is 246 g/mol. The fourth-order valence-corrected chi connectivity index (χ4v) is 2.52. The quantitative estimate of drug-likeness (QED) is 0.868. The highest BCUT2D eigenvalue weighted by Gasteiger charge is 2.17. The van der Waals surface area contributed by atoms with Crippen LogP contribution in [0.2, 0.25) is 0 Å². The van der Waals surface area contributed by atoms with Crippen LogP contribution in [0.25, 0.3) is 0 Å². The summed E-state index contributed by atoms with van der Waals surface area (Å²) in [4.78, 5) is 0. The zero-order chi connectivity index (χ0) is 14.2. The van der Waals surface area contributed by atoms with Crippen LogP contribution < -0.4 is 0 Å². The lowest BCUT2D eigenvalue weighted by molar-refractivity contribution is 0.217. The molecule has 1 nitrogen and oxygen atoms in total. The van der Waals surface area contributed by atoms with Crippen LogP contribution in [0.3, 0.4) is 0 Å². The average Bonchev–Trinajstić information content (AvgIpc) is 2.25. The summed E-state index contributed by atoms with van der Waals surface area (Å²) in [5.41, 5.74) is 3.85. The van der Waals surface area contributed by atoms with Gasteiger partial charge in [-0.05, 0) is 55.2 Å². The van der Waals surface area contributed by atoms with Gasteiger partial charge in [0, 0.05) is 6.07 Å². The first-order valence-electron chi connectivity index (χ1n) is 6.10. The Hall–Kier alpha value is -1.74. The van der Waals surface area contributed by atoms with Crippen LogP contribution in [0.15, 0.2) is 30.3 Å². The van der Waals surface area contributed by atoms with E-state index < -0.39 is 17.7 Å². The summed E-state index contributed by atoms with van der Waals surface area (Å²) < 4.78 is 26.4. The van der Waals surface area contributed by atoms with Crippen LogP contribution >= 0.6 is 0 Å². The van der Waals surface area contributed by atoms with Crippen molar-refractivity contribution in [3.05, 3.63) is 69.8 Å². The first-order chi connectivity index (χ1) is 8.88. The molecular formula is C16H16F2O. The molecule has 19 heavy (non-hydrogen) atoms. The topological polar surface area (TPSA) is 20.2 Å². The molecule has 2 rings (SSSR count). The van der Waals surface area contributed by atoms with Gasteiger partial charge >= 0.3 is 0 Å². The van der Waals surface area contributed by atoms with Gasteiger partial charge in [-0.25, -0.2) is 8.78 Å². The minimum absolute atomic E-state index is 0.229. The molecule has 0 aliphatic rings. The molecule has 0 spiro atoms. The second-order valence-corrected chi connectivity index (χ2v) is 4.92. The van der Waals surface area contributed by atoms with Crippen molar-refractivity contribution in [2.75, 3.05) is 0 Å². The highest BCUT2D eigenvalue weighted by molar-refractivity contribution is 5.43. The number of hydrogen-bond acceptors (Lipinski definition) is 1. The average molecular weight is 262 g/mol. The molecule has 0 aliphatic carbocycles. The second kappa shape index (κ2) is 5.10. The molecule has 0 saturated heterocycles. The number of halogens is 2. The maximum Gasteiger partial charge on any atom is 0.126 e. The number of hydrogen-bond donors (Lipinski definition) is 1. The van der Waals surface area contributed by atoms with Crippen molar-refractivity contribution < 1.29 is 13.9 Å². The van der Waals surface area contributed by atoms with Gasteiger partial charge in [0.05, 0.1) is 0 Å². The predicted molar refractivity (Wildman–Crippen MR) is 71.1 cm³/mol. The Bertz CT molecular complexity index is 577. The maximum absolute atomic E-state index is 13.2. The van der Waals surface area contributed by atoms with Crippen LogP contribution in [0.4, 0.5) is 8.78 Å². The van der Waals surface area contributed by atoms with E-state index in [2.05, 4.69) is 0 Å². The van der Waals surface area contributed by atoms with E-state index in [0.717, 1.165) is 34.9 Å². The second-order valence-electron chi connectivity index (χ2n) is 4.92. The Morgan fingerprint density at radius 3 is 1.79 bits per heavy atom. The summed E-state index contributed by atoms with van der Waals surface area (Å²) in [6.07, 6.45) is -1.02. The van der Waals surface area contributed by atoms with E-state index in [0.29, 0.717) is 5.56 Å². The molecule has 0 heterocycles. The first-order valence-corrected chi connectivity index (χ1v) is 6.10.